The van der Waals surface area contributed by atoms with Gasteiger partial charge in [0.1, 0.15) is 12.7 Å². The highest BCUT2D eigenvalue weighted by Crippen LogP contribution is 2.13. The number of hydrogen-bond acceptors (Lipinski definition) is 7. The molecule has 0 spiro atoms. The number of esters is 2. The fourth-order valence-electron chi connectivity index (χ4n) is 2.71. The number of pyridine rings is 2. The number of ether oxygens (including phenoxy) is 2. The molecule has 0 aromatic carbocycles. The molecule has 0 saturated carbocycles. The maximum Gasteiger partial charge on any atom is 0.340 e. The number of carbonyl (C=O) groups is 2. The molecule has 26 heavy (non-hydrogen) atoms. The molecule has 7 heteroatoms. The van der Waals surface area contributed by atoms with Crippen molar-refractivity contribution in [2.75, 3.05) is 13.1 Å². The Balaban J connectivity index is 1.58. The van der Waals surface area contributed by atoms with Gasteiger partial charge in [-0.3, -0.25) is 9.97 Å². The van der Waals surface area contributed by atoms with E-state index in [0.29, 0.717) is 16.7 Å². The summed E-state index contributed by atoms with van der Waals surface area (Å²) in [5, 5.41) is 3.22. The van der Waals surface area contributed by atoms with E-state index >= 15 is 0 Å². The van der Waals surface area contributed by atoms with E-state index in [0.717, 1.165) is 31.5 Å². The van der Waals surface area contributed by atoms with Gasteiger partial charge in [0.25, 0.3) is 0 Å². The summed E-state index contributed by atoms with van der Waals surface area (Å²) < 4.78 is 10.8. The lowest BCUT2D eigenvalue weighted by Gasteiger charge is -2.22. The van der Waals surface area contributed by atoms with Crippen molar-refractivity contribution >= 4 is 11.9 Å². The van der Waals surface area contributed by atoms with Gasteiger partial charge in [0.05, 0.1) is 11.1 Å². The van der Waals surface area contributed by atoms with E-state index in [1.54, 1.807) is 24.5 Å². The highest BCUT2D eigenvalue weighted by molar-refractivity contribution is 5.90. The first-order valence-electron chi connectivity index (χ1n) is 8.56. The van der Waals surface area contributed by atoms with E-state index < -0.39 is 11.9 Å². The van der Waals surface area contributed by atoms with E-state index in [1.807, 2.05) is 6.92 Å². The lowest BCUT2D eigenvalue weighted by molar-refractivity contribution is 0.0229. The maximum atomic E-state index is 12.3. The molecule has 1 aliphatic rings. The normalized spacial score (nSPS) is 14.7. The zero-order valence-corrected chi connectivity index (χ0v) is 14.6. The molecule has 136 valence electrons. The fraction of sp³-hybridized carbons (Fsp3) is 0.368. The zero-order valence-electron chi connectivity index (χ0n) is 14.6. The Kier molecular flexibility index (Phi) is 5.91. The second kappa shape index (κ2) is 8.53. The number of nitrogens with one attached hydrogen (secondary N) is 1. The van der Waals surface area contributed by atoms with Crippen molar-refractivity contribution in [1.82, 2.24) is 15.3 Å². The second-order valence-corrected chi connectivity index (χ2v) is 6.26. The maximum absolute atomic E-state index is 12.3. The van der Waals surface area contributed by atoms with E-state index in [9.17, 15) is 9.59 Å². The molecule has 2 aromatic heterocycles. The molecule has 7 nitrogen and oxygen atoms in total. The van der Waals surface area contributed by atoms with Crippen LogP contribution in [0.15, 0.2) is 36.9 Å². The van der Waals surface area contributed by atoms with E-state index in [4.69, 9.17) is 9.47 Å². The average Bonchev–Trinajstić information content (AvgIpc) is 2.67. The molecular formula is C19H21N3O4. The first kappa shape index (κ1) is 18.0. The van der Waals surface area contributed by atoms with Gasteiger partial charge in [0, 0.05) is 30.4 Å². The van der Waals surface area contributed by atoms with Crippen LogP contribution in [0.3, 0.4) is 0 Å². The third-order valence-electron chi connectivity index (χ3n) is 4.07. The van der Waals surface area contributed by atoms with Gasteiger partial charge < -0.3 is 14.8 Å². The van der Waals surface area contributed by atoms with Crippen molar-refractivity contribution in [2.45, 2.75) is 32.5 Å². The first-order chi connectivity index (χ1) is 12.6. The number of rotatable bonds is 5. The molecule has 1 N–H and O–H groups in total. The van der Waals surface area contributed by atoms with Crippen molar-refractivity contribution in [3.05, 3.63) is 59.2 Å². The summed E-state index contributed by atoms with van der Waals surface area (Å²) in [5.41, 5.74) is 2.25. The van der Waals surface area contributed by atoms with Crippen LogP contribution in [0, 0.1) is 6.92 Å². The lowest BCUT2D eigenvalue weighted by atomic mass is 10.1. The zero-order chi connectivity index (χ0) is 18.4. The molecule has 3 heterocycles. The molecule has 0 aliphatic carbocycles. The number of nitrogens with zero attached hydrogens (tertiary/aromatic N) is 2. The van der Waals surface area contributed by atoms with Gasteiger partial charge in [-0.05, 0) is 50.6 Å². The van der Waals surface area contributed by atoms with Crippen molar-refractivity contribution < 1.29 is 19.1 Å². The largest absolute Gasteiger partial charge is 0.459 e. The predicted molar refractivity (Wildman–Crippen MR) is 93.6 cm³/mol. The Morgan fingerprint density at radius 2 is 1.73 bits per heavy atom. The minimum absolute atomic E-state index is 0.0221. The van der Waals surface area contributed by atoms with Crippen molar-refractivity contribution in [2.24, 2.45) is 0 Å². The van der Waals surface area contributed by atoms with Crippen LogP contribution in [-0.2, 0) is 16.1 Å². The molecule has 1 saturated heterocycles. The van der Waals surface area contributed by atoms with E-state index in [1.165, 1.54) is 12.4 Å². The predicted octanol–water partition coefficient (Wildman–Crippen LogP) is 2.05. The number of piperidine rings is 1. The summed E-state index contributed by atoms with van der Waals surface area (Å²) in [6.45, 7) is 3.57. The second-order valence-electron chi connectivity index (χ2n) is 6.26. The average molecular weight is 355 g/mol. The Bertz CT molecular complexity index is 788. The lowest BCUT2D eigenvalue weighted by Crippen LogP contribution is -2.33. The highest BCUT2D eigenvalue weighted by atomic mass is 16.5. The molecular weight excluding hydrogens is 334 g/mol. The summed E-state index contributed by atoms with van der Waals surface area (Å²) in [7, 11) is 0. The molecule has 0 unspecified atom stereocenters. The van der Waals surface area contributed by atoms with Crippen LogP contribution in [0.2, 0.25) is 0 Å². The van der Waals surface area contributed by atoms with Gasteiger partial charge in [-0.25, -0.2) is 9.59 Å². The standard InChI is InChI=1S/C19H21N3O4/c1-13-6-15(10-21-8-13)18(23)25-12-14-7-16(11-22-9-14)19(24)26-17-2-4-20-5-3-17/h6-11,17,20H,2-5,12H2,1H3. The first-order valence-corrected chi connectivity index (χ1v) is 8.56. The smallest absolute Gasteiger partial charge is 0.340 e. The van der Waals surface area contributed by atoms with Crippen molar-refractivity contribution in [1.29, 1.82) is 0 Å². The van der Waals surface area contributed by atoms with Gasteiger partial charge in [0.2, 0.25) is 0 Å². The SMILES string of the molecule is Cc1cncc(C(=O)OCc2cncc(C(=O)OC3CCNCC3)c2)c1. The number of aryl methyl sites for hydroxylation is 1. The molecule has 2 aromatic rings. The van der Waals surface area contributed by atoms with E-state index in [2.05, 4.69) is 15.3 Å². The van der Waals surface area contributed by atoms with Crippen LogP contribution in [0.1, 0.15) is 44.7 Å². The fourth-order valence-corrected chi connectivity index (χ4v) is 2.71. The van der Waals surface area contributed by atoms with Gasteiger partial charge in [-0.2, -0.15) is 0 Å². The molecule has 1 fully saturated rings. The highest BCUT2D eigenvalue weighted by Gasteiger charge is 2.19. The van der Waals surface area contributed by atoms with Gasteiger partial charge in [-0.15, -0.1) is 0 Å². The molecule has 3 rings (SSSR count). The summed E-state index contributed by atoms with van der Waals surface area (Å²) in [5.74, 6) is -0.871. The van der Waals surface area contributed by atoms with Crippen molar-refractivity contribution in [3.63, 3.8) is 0 Å². The molecule has 0 amide bonds. The topological polar surface area (TPSA) is 90.4 Å². The molecule has 0 atom stereocenters. The number of aromatic nitrogens is 2. The quantitative estimate of drug-likeness (QED) is 0.821. The third kappa shape index (κ3) is 4.86. The van der Waals surface area contributed by atoms with Crippen LogP contribution < -0.4 is 5.32 Å². The number of hydrogen-bond donors (Lipinski definition) is 1. The van der Waals surface area contributed by atoms with Crippen LogP contribution in [0.25, 0.3) is 0 Å². The van der Waals surface area contributed by atoms with E-state index in [-0.39, 0.29) is 12.7 Å². The van der Waals surface area contributed by atoms with Crippen molar-refractivity contribution in [3.8, 4) is 0 Å². The molecule has 0 radical (unpaired) electrons. The van der Waals surface area contributed by atoms with Crippen LogP contribution in [-0.4, -0.2) is 41.1 Å². The van der Waals surface area contributed by atoms with Gasteiger partial charge >= 0.3 is 11.9 Å². The summed E-state index contributed by atoms with van der Waals surface area (Å²) in [6.07, 6.45) is 7.68. The summed E-state index contributed by atoms with van der Waals surface area (Å²) >= 11 is 0. The summed E-state index contributed by atoms with van der Waals surface area (Å²) in [4.78, 5) is 32.4. The van der Waals surface area contributed by atoms with Crippen LogP contribution >= 0.6 is 0 Å². The van der Waals surface area contributed by atoms with Crippen LogP contribution in [0.4, 0.5) is 0 Å². The Morgan fingerprint density at radius 1 is 1.04 bits per heavy atom. The molecule has 0 bridgehead atoms. The van der Waals surface area contributed by atoms with Gasteiger partial charge in [0.15, 0.2) is 0 Å². The number of carbonyl (C=O) groups excluding carboxylic acids is 2. The van der Waals surface area contributed by atoms with Gasteiger partial charge in [-0.1, -0.05) is 0 Å². The minimum atomic E-state index is -0.469. The van der Waals surface area contributed by atoms with Crippen LogP contribution in [0.5, 0.6) is 0 Å². The Morgan fingerprint density at radius 3 is 2.46 bits per heavy atom. The third-order valence-corrected chi connectivity index (χ3v) is 4.07. The minimum Gasteiger partial charge on any atom is -0.459 e. The Hall–Kier alpha value is -2.80. The monoisotopic (exact) mass is 355 g/mol. The Labute approximate surface area is 151 Å². The summed E-state index contributed by atoms with van der Waals surface area (Å²) in [6, 6.07) is 3.35. The molecule has 1 aliphatic heterocycles.